The molecule has 0 aliphatic carbocycles. The number of benzene rings is 2. The molecule has 0 fully saturated rings. The summed E-state index contributed by atoms with van der Waals surface area (Å²) in [5.41, 5.74) is 7.63. The van der Waals surface area contributed by atoms with E-state index in [4.69, 9.17) is 0 Å². The number of carbonyl (C=O) groups excluding carboxylic acids is 1. The van der Waals surface area contributed by atoms with Crippen LogP contribution in [0.4, 0.5) is 0 Å². The van der Waals surface area contributed by atoms with Gasteiger partial charge in [0.2, 0.25) is 0 Å². The molecule has 3 rings (SSSR count). The molecule has 0 radical (unpaired) electrons. The van der Waals surface area contributed by atoms with Gasteiger partial charge in [-0.1, -0.05) is 36.0 Å². The minimum Gasteiger partial charge on any atom is -0.294 e. The highest BCUT2D eigenvalue weighted by Crippen LogP contribution is 2.30. The number of hydrogen-bond acceptors (Lipinski definition) is 4. The maximum Gasteiger partial charge on any atom is 0.195 e. The van der Waals surface area contributed by atoms with Crippen molar-refractivity contribution in [1.82, 2.24) is 14.8 Å². The molecule has 1 aromatic heterocycles. The summed E-state index contributed by atoms with van der Waals surface area (Å²) in [6.07, 6.45) is 1.75. The zero-order valence-electron chi connectivity index (χ0n) is 15.8. The molecule has 26 heavy (non-hydrogen) atoms. The predicted octanol–water partition coefficient (Wildman–Crippen LogP) is 5.00. The molecule has 134 valence electrons. The summed E-state index contributed by atoms with van der Waals surface area (Å²) in [6.45, 7) is 9.86. The van der Waals surface area contributed by atoms with Crippen LogP contribution in [0.15, 0.2) is 41.8 Å². The van der Waals surface area contributed by atoms with E-state index in [0.29, 0.717) is 0 Å². The molecule has 0 aliphatic rings. The topological polar surface area (TPSA) is 47.8 Å². The van der Waals surface area contributed by atoms with Crippen LogP contribution in [0.3, 0.4) is 0 Å². The maximum atomic E-state index is 12.0. The third kappa shape index (κ3) is 3.44. The summed E-state index contributed by atoms with van der Waals surface area (Å²) in [5.74, 6) is 0.873. The van der Waals surface area contributed by atoms with Gasteiger partial charge in [-0.05, 0) is 68.5 Å². The first kappa shape index (κ1) is 18.4. The van der Waals surface area contributed by atoms with E-state index in [-0.39, 0.29) is 5.78 Å². The van der Waals surface area contributed by atoms with Crippen LogP contribution in [-0.2, 0) is 5.75 Å². The molecular weight excluding hydrogens is 342 g/mol. The Morgan fingerprint density at radius 1 is 1.08 bits per heavy atom. The highest BCUT2D eigenvalue weighted by Gasteiger charge is 2.16. The van der Waals surface area contributed by atoms with Crippen molar-refractivity contribution in [2.75, 3.05) is 0 Å². The molecule has 0 bridgehead atoms. The summed E-state index contributed by atoms with van der Waals surface area (Å²) < 4.78 is 2.02. The first-order valence-electron chi connectivity index (χ1n) is 8.59. The van der Waals surface area contributed by atoms with Crippen LogP contribution in [0.2, 0.25) is 0 Å². The van der Waals surface area contributed by atoms with Gasteiger partial charge in [0.05, 0.1) is 5.69 Å². The number of para-hydroxylation sites is 1. The van der Waals surface area contributed by atoms with Crippen molar-refractivity contribution in [3.8, 4) is 5.69 Å². The van der Waals surface area contributed by atoms with E-state index in [2.05, 4.69) is 42.2 Å². The van der Waals surface area contributed by atoms with Crippen LogP contribution in [0, 0.1) is 27.7 Å². The third-order valence-corrected chi connectivity index (χ3v) is 5.69. The lowest BCUT2D eigenvalue weighted by atomic mass is 9.92. The molecule has 5 heteroatoms. The van der Waals surface area contributed by atoms with E-state index in [1.165, 1.54) is 16.7 Å². The highest BCUT2D eigenvalue weighted by atomic mass is 32.2. The molecule has 1 heterocycles. The molecule has 0 saturated carbocycles. The normalized spacial score (nSPS) is 11.0. The lowest BCUT2D eigenvalue weighted by Crippen LogP contribution is -2.05. The quantitative estimate of drug-likeness (QED) is 0.472. The van der Waals surface area contributed by atoms with Crippen LogP contribution < -0.4 is 0 Å². The van der Waals surface area contributed by atoms with Crippen molar-refractivity contribution in [1.29, 1.82) is 0 Å². The van der Waals surface area contributed by atoms with Gasteiger partial charge in [-0.25, -0.2) is 0 Å². The second-order valence-electron chi connectivity index (χ2n) is 6.60. The van der Waals surface area contributed by atoms with Gasteiger partial charge < -0.3 is 0 Å². The number of nitrogens with zero attached hydrogens (tertiary/aromatic N) is 3. The van der Waals surface area contributed by atoms with E-state index in [1.807, 2.05) is 30.5 Å². The average Bonchev–Trinajstić information content (AvgIpc) is 3.02. The van der Waals surface area contributed by atoms with E-state index < -0.39 is 0 Å². The molecule has 0 amide bonds. The van der Waals surface area contributed by atoms with Gasteiger partial charge in [-0.3, -0.25) is 9.36 Å². The molecule has 0 atom stereocenters. The van der Waals surface area contributed by atoms with Crippen molar-refractivity contribution >= 4 is 17.5 Å². The Bertz CT molecular complexity index is 975. The molecule has 2 aromatic carbocycles. The Morgan fingerprint density at radius 2 is 1.81 bits per heavy atom. The standard InChI is InChI=1S/C21H23N3OS/c1-13-8-6-7-9-19(13)24-12-22-23-21(24)26-11-18-14(2)10-15(3)20(16(18)4)17(5)25/h6-10,12H,11H2,1-5H3. The molecule has 0 unspecified atom stereocenters. The number of carbonyl (C=O) groups is 1. The minimum atomic E-state index is 0.120. The number of aromatic nitrogens is 3. The Labute approximate surface area is 158 Å². The Kier molecular flexibility index (Phi) is 5.28. The SMILES string of the molecule is CC(=O)c1c(C)cc(C)c(CSc2nncn2-c2ccccc2C)c1C. The van der Waals surface area contributed by atoms with E-state index in [9.17, 15) is 4.79 Å². The third-order valence-electron chi connectivity index (χ3n) is 4.72. The zero-order valence-corrected chi connectivity index (χ0v) is 16.6. The van der Waals surface area contributed by atoms with Crippen LogP contribution in [0.25, 0.3) is 5.69 Å². The Balaban J connectivity index is 1.92. The van der Waals surface area contributed by atoms with Gasteiger partial charge in [0, 0.05) is 11.3 Å². The van der Waals surface area contributed by atoms with Gasteiger partial charge in [0.15, 0.2) is 10.9 Å². The average molecular weight is 366 g/mol. The Hall–Kier alpha value is -2.40. The van der Waals surface area contributed by atoms with Gasteiger partial charge in [0.1, 0.15) is 6.33 Å². The number of rotatable bonds is 5. The fourth-order valence-electron chi connectivity index (χ4n) is 3.45. The van der Waals surface area contributed by atoms with Crippen molar-refractivity contribution < 1.29 is 4.79 Å². The summed E-state index contributed by atoms with van der Waals surface area (Å²) in [4.78, 5) is 12.0. The van der Waals surface area contributed by atoms with Crippen LogP contribution in [-0.4, -0.2) is 20.5 Å². The van der Waals surface area contributed by atoms with Crippen LogP contribution >= 0.6 is 11.8 Å². The van der Waals surface area contributed by atoms with Crippen LogP contribution in [0.1, 0.15) is 45.1 Å². The van der Waals surface area contributed by atoms with E-state index >= 15 is 0 Å². The van der Waals surface area contributed by atoms with Gasteiger partial charge >= 0.3 is 0 Å². The van der Waals surface area contributed by atoms with Crippen molar-refractivity contribution in [3.05, 3.63) is 70.0 Å². The maximum absolute atomic E-state index is 12.0. The van der Waals surface area contributed by atoms with Gasteiger partial charge in [-0.2, -0.15) is 0 Å². The number of ketones is 1. The minimum absolute atomic E-state index is 0.120. The number of hydrogen-bond donors (Lipinski definition) is 0. The predicted molar refractivity (Wildman–Crippen MR) is 106 cm³/mol. The largest absolute Gasteiger partial charge is 0.294 e. The second-order valence-corrected chi connectivity index (χ2v) is 7.55. The molecule has 4 nitrogen and oxygen atoms in total. The van der Waals surface area contributed by atoms with E-state index in [0.717, 1.165) is 33.3 Å². The molecule has 3 aromatic rings. The van der Waals surface area contributed by atoms with Crippen molar-refractivity contribution in [2.24, 2.45) is 0 Å². The first-order valence-corrected chi connectivity index (χ1v) is 9.58. The first-order chi connectivity index (χ1) is 12.4. The molecule has 0 N–H and O–H groups in total. The van der Waals surface area contributed by atoms with Gasteiger partial charge in [0.25, 0.3) is 0 Å². The molecule has 0 spiro atoms. The Morgan fingerprint density at radius 3 is 2.50 bits per heavy atom. The second kappa shape index (κ2) is 7.46. The van der Waals surface area contributed by atoms with Crippen LogP contribution in [0.5, 0.6) is 0 Å². The van der Waals surface area contributed by atoms with Crippen molar-refractivity contribution in [3.63, 3.8) is 0 Å². The number of thioether (sulfide) groups is 1. The fraction of sp³-hybridized carbons (Fsp3) is 0.286. The summed E-state index contributed by atoms with van der Waals surface area (Å²) in [5, 5.41) is 9.24. The lowest BCUT2D eigenvalue weighted by Gasteiger charge is -2.16. The molecule has 0 aliphatic heterocycles. The summed E-state index contributed by atoms with van der Waals surface area (Å²) >= 11 is 1.64. The number of Topliss-reactive ketones (excluding diaryl/α,β-unsaturated/α-hetero) is 1. The highest BCUT2D eigenvalue weighted by molar-refractivity contribution is 7.98. The molecule has 0 saturated heterocycles. The number of aryl methyl sites for hydroxylation is 3. The molecular formula is C21H23N3OS. The summed E-state index contributed by atoms with van der Waals surface area (Å²) in [7, 11) is 0. The smallest absolute Gasteiger partial charge is 0.195 e. The lowest BCUT2D eigenvalue weighted by molar-refractivity contribution is 0.101. The zero-order chi connectivity index (χ0) is 18.8. The van der Waals surface area contributed by atoms with Gasteiger partial charge in [-0.15, -0.1) is 10.2 Å². The fourth-order valence-corrected chi connectivity index (χ4v) is 4.56. The summed E-state index contributed by atoms with van der Waals surface area (Å²) in [6, 6.07) is 10.3. The van der Waals surface area contributed by atoms with E-state index in [1.54, 1.807) is 25.0 Å². The van der Waals surface area contributed by atoms with Crippen molar-refractivity contribution in [2.45, 2.75) is 45.5 Å². The monoisotopic (exact) mass is 365 g/mol.